The van der Waals surface area contributed by atoms with Crippen LogP contribution in [0.1, 0.15) is 12.8 Å². The lowest BCUT2D eigenvalue weighted by Crippen LogP contribution is -2.39. The standard InChI is InChI=1S/C11H18N2O3/c1-3-5-12(2)11(16)13-6-4-9(8-13)7-10(14)15/h3,9H,1,4-8H2,2H3,(H,14,15). The van der Waals surface area contributed by atoms with Crippen molar-refractivity contribution < 1.29 is 14.7 Å². The molecule has 1 atom stereocenters. The minimum atomic E-state index is -0.793. The van der Waals surface area contributed by atoms with E-state index in [2.05, 4.69) is 6.58 Å². The molecule has 0 aromatic heterocycles. The first-order valence-corrected chi connectivity index (χ1v) is 5.37. The second-order valence-electron chi connectivity index (χ2n) is 4.15. The largest absolute Gasteiger partial charge is 0.481 e. The van der Waals surface area contributed by atoms with E-state index in [0.29, 0.717) is 19.6 Å². The topological polar surface area (TPSA) is 60.9 Å². The number of urea groups is 1. The van der Waals surface area contributed by atoms with Crippen molar-refractivity contribution in [2.75, 3.05) is 26.7 Å². The van der Waals surface area contributed by atoms with Crippen LogP contribution in [-0.4, -0.2) is 53.6 Å². The van der Waals surface area contributed by atoms with Crippen molar-refractivity contribution in [3.8, 4) is 0 Å². The van der Waals surface area contributed by atoms with E-state index in [-0.39, 0.29) is 18.4 Å². The smallest absolute Gasteiger partial charge is 0.320 e. The van der Waals surface area contributed by atoms with E-state index >= 15 is 0 Å². The number of aliphatic carboxylic acids is 1. The van der Waals surface area contributed by atoms with Crippen LogP contribution < -0.4 is 0 Å². The Morgan fingerprint density at radius 2 is 2.31 bits per heavy atom. The number of hydrogen-bond donors (Lipinski definition) is 1. The molecule has 1 aliphatic rings. The zero-order chi connectivity index (χ0) is 12.1. The number of carboxylic acids is 1. The first-order valence-electron chi connectivity index (χ1n) is 5.37. The summed E-state index contributed by atoms with van der Waals surface area (Å²) in [4.78, 5) is 25.6. The molecule has 0 aromatic rings. The lowest BCUT2D eigenvalue weighted by molar-refractivity contribution is -0.138. The van der Waals surface area contributed by atoms with Crippen LogP contribution >= 0.6 is 0 Å². The molecule has 1 fully saturated rings. The van der Waals surface area contributed by atoms with Gasteiger partial charge >= 0.3 is 12.0 Å². The van der Waals surface area contributed by atoms with Crippen LogP contribution in [0, 0.1) is 5.92 Å². The van der Waals surface area contributed by atoms with E-state index < -0.39 is 5.97 Å². The average molecular weight is 226 g/mol. The van der Waals surface area contributed by atoms with E-state index in [1.165, 1.54) is 0 Å². The highest BCUT2D eigenvalue weighted by Crippen LogP contribution is 2.20. The van der Waals surface area contributed by atoms with Crippen LogP contribution in [0.3, 0.4) is 0 Å². The lowest BCUT2D eigenvalue weighted by Gasteiger charge is -2.23. The third-order valence-corrected chi connectivity index (χ3v) is 2.75. The fourth-order valence-corrected chi connectivity index (χ4v) is 1.93. The quantitative estimate of drug-likeness (QED) is 0.728. The molecule has 1 N–H and O–H groups in total. The van der Waals surface area contributed by atoms with Crippen molar-refractivity contribution in [1.82, 2.24) is 9.80 Å². The molecule has 5 nitrogen and oxygen atoms in total. The minimum absolute atomic E-state index is 0.0483. The molecule has 0 radical (unpaired) electrons. The summed E-state index contributed by atoms with van der Waals surface area (Å²) in [6, 6.07) is -0.0483. The number of likely N-dealkylation sites (tertiary alicyclic amines) is 1. The van der Waals surface area contributed by atoms with E-state index in [0.717, 1.165) is 6.42 Å². The zero-order valence-electron chi connectivity index (χ0n) is 9.56. The van der Waals surface area contributed by atoms with Gasteiger partial charge in [-0.1, -0.05) is 6.08 Å². The Morgan fingerprint density at radius 1 is 1.62 bits per heavy atom. The van der Waals surface area contributed by atoms with Gasteiger partial charge in [0.1, 0.15) is 0 Å². The van der Waals surface area contributed by atoms with Gasteiger partial charge < -0.3 is 14.9 Å². The second kappa shape index (κ2) is 5.53. The fourth-order valence-electron chi connectivity index (χ4n) is 1.93. The predicted octanol–water partition coefficient (Wildman–Crippen LogP) is 1.02. The summed E-state index contributed by atoms with van der Waals surface area (Å²) in [6.07, 6.45) is 2.59. The third kappa shape index (κ3) is 3.25. The molecule has 0 aromatic carbocycles. The first kappa shape index (κ1) is 12.5. The third-order valence-electron chi connectivity index (χ3n) is 2.75. The highest BCUT2D eigenvalue weighted by molar-refractivity contribution is 5.75. The number of nitrogens with zero attached hydrogens (tertiary/aromatic N) is 2. The van der Waals surface area contributed by atoms with Crippen molar-refractivity contribution in [3.05, 3.63) is 12.7 Å². The van der Waals surface area contributed by atoms with Gasteiger partial charge in [-0.15, -0.1) is 6.58 Å². The van der Waals surface area contributed by atoms with Crippen LogP contribution in [0.2, 0.25) is 0 Å². The number of hydrogen-bond acceptors (Lipinski definition) is 2. The van der Waals surface area contributed by atoms with Gasteiger partial charge in [0.25, 0.3) is 0 Å². The van der Waals surface area contributed by atoms with Gasteiger partial charge in [0.15, 0.2) is 0 Å². The van der Waals surface area contributed by atoms with Crippen LogP contribution in [0.4, 0.5) is 4.79 Å². The summed E-state index contributed by atoms with van der Waals surface area (Å²) in [5.41, 5.74) is 0. The SMILES string of the molecule is C=CCN(C)C(=O)N1CCC(CC(=O)O)C1. The molecule has 1 rings (SSSR count). The summed E-state index contributed by atoms with van der Waals surface area (Å²) in [6.45, 7) is 5.29. The zero-order valence-corrected chi connectivity index (χ0v) is 9.56. The maximum atomic E-state index is 11.8. The van der Waals surface area contributed by atoms with Crippen LogP contribution in [-0.2, 0) is 4.79 Å². The maximum absolute atomic E-state index is 11.8. The Kier molecular flexibility index (Phi) is 4.34. The van der Waals surface area contributed by atoms with Crippen molar-refractivity contribution in [2.45, 2.75) is 12.8 Å². The molecule has 1 unspecified atom stereocenters. The van der Waals surface area contributed by atoms with Crippen molar-refractivity contribution in [1.29, 1.82) is 0 Å². The van der Waals surface area contributed by atoms with Crippen molar-refractivity contribution >= 4 is 12.0 Å². The Labute approximate surface area is 95.3 Å². The van der Waals surface area contributed by atoms with E-state index in [1.807, 2.05) is 0 Å². The highest BCUT2D eigenvalue weighted by atomic mass is 16.4. The molecule has 0 spiro atoms. The summed E-state index contributed by atoms with van der Waals surface area (Å²) in [7, 11) is 1.72. The van der Waals surface area contributed by atoms with Crippen LogP contribution in [0.15, 0.2) is 12.7 Å². The molecule has 1 heterocycles. The summed E-state index contributed by atoms with van der Waals surface area (Å²) in [5.74, 6) is -0.697. The summed E-state index contributed by atoms with van der Waals surface area (Å²) >= 11 is 0. The van der Waals surface area contributed by atoms with Gasteiger partial charge in [-0.3, -0.25) is 4.79 Å². The monoisotopic (exact) mass is 226 g/mol. The van der Waals surface area contributed by atoms with E-state index in [4.69, 9.17) is 5.11 Å². The Hall–Kier alpha value is -1.52. The van der Waals surface area contributed by atoms with Gasteiger partial charge in [-0.25, -0.2) is 4.79 Å². The molecular weight excluding hydrogens is 208 g/mol. The molecule has 2 amide bonds. The van der Waals surface area contributed by atoms with Crippen molar-refractivity contribution in [2.24, 2.45) is 5.92 Å². The van der Waals surface area contributed by atoms with Crippen LogP contribution in [0.5, 0.6) is 0 Å². The molecule has 5 heteroatoms. The summed E-state index contributed by atoms with van der Waals surface area (Å²) < 4.78 is 0. The fraction of sp³-hybridized carbons (Fsp3) is 0.636. The minimum Gasteiger partial charge on any atom is -0.481 e. The van der Waals surface area contributed by atoms with Crippen molar-refractivity contribution in [3.63, 3.8) is 0 Å². The normalized spacial score (nSPS) is 19.6. The van der Waals surface area contributed by atoms with Gasteiger partial charge in [0, 0.05) is 33.1 Å². The van der Waals surface area contributed by atoms with Gasteiger partial charge in [-0.2, -0.15) is 0 Å². The number of rotatable bonds is 4. The Balaban J connectivity index is 2.43. The second-order valence-corrected chi connectivity index (χ2v) is 4.15. The van der Waals surface area contributed by atoms with E-state index in [9.17, 15) is 9.59 Å². The van der Waals surface area contributed by atoms with Gasteiger partial charge in [0.05, 0.1) is 0 Å². The lowest BCUT2D eigenvalue weighted by atomic mass is 10.1. The number of carboxylic acid groups (broad SMARTS) is 1. The predicted molar refractivity (Wildman–Crippen MR) is 60.2 cm³/mol. The van der Waals surface area contributed by atoms with Gasteiger partial charge in [-0.05, 0) is 12.3 Å². The molecule has 90 valence electrons. The Bertz CT molecular complexity index is 291. The summed E-state index contributed by atoms with van der Waals surface area (Å²) in [5, 5.41) is 8.67. The van der Waals surface area contributed by atoms with Gasteiger partial charge in [0.2, 0.25) is 0 Å². The molecule has 1 saturated heterocycles. The number of likely N-dealkylation sites (N-methyl/N-ethyl adjacent to an activating group) is 1. The molecule has 0 bridgehead atoms. The number of carbonyl (C=O) groups is 2. The molecule has 1 aliphatic heterocycles. The number of amides is 2. The first-order chi connectivity index (χ1) is 7.54. The molecule has 16 heavy (non-hydrogen) atoms. The number of carbonyl (C=O) groups excluding carboxylic acids is 1. The average Bonchev–Trinajstić information content (AvgIpc) is 2.64. The molecule has 0 saturated carbocycles. The molecular formula is C11H18N2O3. The maximum Gasteiger partial charge on any atom is 0.320 e. The van der Waals surface area contributed by atoms with E-state index in [1.54, 1.807) is 22.9 Å². The molecule has 0 aliphatic carbocycles. The van der Waals surface area contributed by atoms with Crippen LogP contribution in [0.25, 0.3) is 0 Å². The highest BCUT2D eigenvalue weighted by Gasteiger charge is 2.28. The Morgan fingerprint density at radius 3 is 2.88 bits per heavy atom.